The zero-order chi connectivity index (χ0) is 26.0. The monoisotopic (exact) mass is 691 g/mol. The van der Waals surface area contributed by atoms with Gasteiger partial charge in [0.1, 0.15) is 0 Å². The molecule has 0 saturated heterocycles. The Labute approximate surface area is 248 Å². The van der Waals surface area contributed by atoms with Crippen molar-refractivity contribution in [2.45, 2.75) is 17.8 Å². The van der Waals surface area contributed by atoms with Gasteiger partial charge in [-0.3, -0.25) is 15.0 Å². The molecule has 40 heavy (non-hydrogen) atoms. The summed E-state index contributed by atoms with van der Waals surface area (Å²) in [7, 11) is 0. The van der Waals surface area contributed by atoms with Crippen molar-refractivity contribution >= 4 is 0 Å². The first kappa shape index (κ1) is 26.0. The summed E-state index contributed by atoms with van der Waals surface area (Å²) < 4.78 is 0. The third-order valence-electron chi connectivity index (χ3n) is 7.30. The van der Waals surface area contributed by atoms with E-state index in [1.807, 2.05) is 48.7 Å². The zero-order valence-electron chi connectivity index (χ0n) is 21.5. The number of fused-ring (bicyclic) bond motifs is 6. The average molecular weight is 691 g/mol. The van der Waals surface area contributed by atoms with Crippen LogP contribution in [-0.2, 0) is 20.1 Å². The van der Waals surface area contributed by atoms with Crippen LogP contribution in [0.25, 0.3) is 0 Å². The number of hydrogen-bond acceptors (Lipinski definition) is 3. The number of nitrogens with zero attached hydrogens (tertiary/aromatic N) is 3. The van der Waals surface area contributed by atoms with E-state index in [0.717, 1.165) is 50.7 Å². The number of aromatic nitrogens is 3. The van der Waals surface area contributed by atoms with Crippen LogP contribution in [0, 0.1) is 18.2 Å². The molecule has 0 amide bonds. The minimum atomic E-state index is -0.169. The molecule has 0 N–H and O–H groups in total. The van der Waals surface area contributed by atoms with E-state index in [9.17, 15) is 0 Å². The second-order valence-electron chi connectivity index (χ2n) is 9.73. The SMILES string of the molecule is [Ir+3].[c-]1ccccc1C1c2[c-]c(ccc2)C(c2ccccn2)c2cccc(n2)C(c2[c-]cccc2)c2cccc1n2. The van der Waals surface area contributed by atoms with Gasteiger partial charge < -0.3 is 0 Å². The molecule has 4 heteroatoms. The van der Waals surface area contributed by atoms with E-state index in [4.69, 9.17) is 15.0 Å². The van der Waals surface area contributed by atoms with Crippen molar-refractivity contribution in [2.24, 2.45) is 0 Å². The molecule has 7 rings (SSSR count). The molecule has 0 saturated carbocycles. The Balaban J connectivity index is 0.00000289. The minimum Gasteiger partial charge on any atom is -0.260 e. The van der Waals surface area contributed by atoms with Crippen molar-refractivity contribution in [1.82, 2.24) is 15.0 Å². The molecule has 192 valence electrons. The summed E-state index contributed by atoms with van der Waals surface area (Å²) in [5, 5.41) is 0. The van der Waals surface area contributed by atoms with Gasteiger partial charge in [0, 0.05) is 29.6 Å². The van der Waals surface area contributed by atoms with Crippen molar-refractivity contribution in [3.8, 4) is 0 Å². The number of benzene rings is 3. The molecule has 6 bridgehead atoms. The smallest absolute Gasteiger partial charge is 0.260 e. The summed E-state index contributed by atoms with van der Waals surface area (Å²) >= 11 is 0. The molecule has 3 aromatic heterocycles. The van der Waals surface area contributed by atoms with Crippen LogP contribution in [0.15, 0.2) is 128 Å². The van der Waals surface area contributed by atoms with E-state index >= 15 is 0 Å². The van der Waals surface area contributed by atoms with Gasteiger partial charge in [-0.15, -0.1) is 11.1 Å². The predicted molar refractivity (Wildman–Crippen MR) is 151 cm³/mol. The molecule has 3 unspecified atom stereocenters. The first-order chi connectivity index (χ1) is 19.3. The maximum Gasteiger partial charge on any atom is 3.00 e. The molecule has 0 spiro atoms. The summed E-state index contributed by atoms with van der Waals surface area (Å²) in [5.41, 5.74) is 8.85. The molecule has 0 radical (unpaired) electrons. The second kappa shape index (κ2) is 11.5. The normalized spacial score (nSPS) is 17.6. The maximum atomic E-state index is 5.29. The number of rotatable bonds is 3. The van der Waals surface area contributed by atoms with E-state index in [1.54, 1.807) is 0 Å². The zero-order valence-corrected chi connectivity index (χ0v) is 23.9. The van der Waals surface area contributed by atoms with Gasteiger partial charge in [-0.1, -0.05) is 18.2 Å². The Hall–Kier alpha value is -4.24. The fourth-order valence-electron chi connectivity index (χ4n) is 5.57. The van der Waals surface area contributed by atoms with Crippen LogP contribution in [0.5, 0.6) is 0 Å². The summed E-state index contributed by atoms with van der Waals surface area (Å²) in [6, 6.07) is 51.9. The molecule has 0 aliphatic carbocycles. The molecule has 1 aliphatic rings. The van der Waals surface area contributed by atoms with Crippen molar-refractivity contribution in [1.29, 1.82) is 0 Å². The Morgan fingerprint density at radius 1 is 0.425 bits per heavy atom. The van der Waals surface area contributed by atoms with Crippen LogP contribution in [0.3, 0.4) is 0 Å². The van der Waals surface area contributed by atoms with Crippen molar-refractivity contribution in [2.75, 3.05) is 0 Å². The Morgan fingerprint density at radius 3 is 1.43 bits per heavy atom. The molecular weight excluding hydrogens is 667 g/mol. The quantitative estimate of drug-likeness (QED) is 0.186. The fourth-order valence-corrected chi connectivity index (χ4v) is 5.57. The van der Waals surface area contributed by atoms with Gasteiger partial charge in [0.25, 0.3) is 0 Å². The predicted octanol–water partition coefficient (Wildman–Crippen LogP) is 7.12. The van der Waals surface area contributed by atoms with Crippen LogP contribution in [0.2, 0.25) is 0 Å². The van der Waals surface area contributed by atoms with E-state index in [0.29, 0.717) is 0 Å². The molecule has 0 fully saturated rings. The molecule has 3 atom stereocenters. The van der Waals surface area contributed by atoms with Crippen LogP contribution >= 0.6 is 0 Å². The van der Waals surface area contributed by atoms with Crippen LogP contribution < -0.4 is 0 Å². The van der Waals surface area contributed by atoms with E-state index < -0.39 is 0 Å². The van der Waals surface area contributed by atoms with Gasteiger partial charge in [0.05, 0.1) is 22.8 Å². The molecule has 4 heterocycles. The van der Waals surface area contributed by atoms with E-state index in [-0.39, 0.29) is 37.9 Å². The summed E-state index contributed by atoms with van der Waals surface area (Å²) in [4.78, 5) is 15.3. The van der Waals surface area contributed by atoms with Gasteiger partial charge in [-0.2, -0.15) is 96.1 Å². The molecule has 1 aliphatic heterocycles. The van der Waals surface area contributed by atoms with Gasteiger partial charge >= 0.3 is 20.1 Å². The number of pyridine rings is 3. The van der Waals surface area contributed by atoms with Crippen LogP contribution in [0.1, 0.15) is 68.5 Å². The third-order valence-corrected chi connectivity index (χ3v) is 7.30. The fraction of sp³-hybridized carbons (Fsp3) is 0.0833. The first-order valence-electron chi connectivity index (χ1n) is 13.1. The van der Waals surface area contributed by atoms with Gasteiger partial charge in [0.2, 0.25) is 0 Å². The summed E-state index contributed by atoms with van der Waals surface area (Å²) in [6.07, 6.45) is 1.84. The van der Waals surface area contributed by atoms with Crippen LogP contribution in [-0.4, -0.2) is 15.0 Å². The molecular formula is C36H24IrN3. The standard InChI is InChI=1S/C36H24N3.Ir/c1-3-12-25(13-4-1)34-27-16-9-17-28(24-27)36(29-18-7-8-23-37-29)33-22-11-21-32(39-33)35(26-14-5-2-6-15-26)31-20-10-19-30(34)38-31;/h1-12,14,16-23,34-36H;/q-3;+3. The van der Waals surface area contributed by atoms with Crippen molar-refractivity contribution < 1.29 is 20.1 Å². The van der Waals surface area contributed by atoms with Gasteiger partial charge in [-0.05, 0) is 36.4 Å². The molecule has 3 nitrogen and oxygen atoms in total. The first-order valence-corrected chi connectivity index (χ1v) is 13.1. The molecule has 6 aromatic rings. The largest absolute Gasteiger partial charge is 3.00 e. The Morgan fingerprint density at radius 2 is 0.875 bits per heavy atom. The average Bonchev–Trinajstić information content (AvgIpc) is 3.00. The summed E-state index contributed by atoms with van der Waals surface area (Å²) in [6.45, 7) is 0. The maximum absolute atomic E-state index is 5.29. The van der Waals surface area contributed by atoms with Gasteiger partial charge in [0.15, 0.2) is 0 Å². The van der Waals surface area contributed by atoms with E-state index in [2.05, 4.69) is 97.1 Å². The van der Waals surface area contributed by atoms with Crippen molar-refractivity contribution in [3.05, 3.63) is 196 Å². The molecule has 3 aromatic carbocycles. The topological polar surface area (TPSA) is 38.7 Å². The van der Waals surface area contributed by atoms with Gasteiger partial charge in [-0.25, -0.2) is 0 Å². The second-order valence-corrected chi connectivity index (χ2v) is 9.73. The van der Waals surface area contributed by atoms with Crippen molar-refractivity contribution in [3.63, 3.8) is 0 Å². The Bertz CT molecular complexity index is 1460. The van der Waals surface area contributed by atoms with E-state index in [1.165, 1.54) is 0 Å². The third kappa shape index (κ3) is 4.93. The summed E-state index contributed by atoms with van der Waals surface area (Å²) in [5.74, 6) is -0.461. The Kier molecular flexibility index (Phi) is 7.46. The number of hydrogen-bond donors (Lipinski definition) is 0. The van der Waals surface area contributed by atoms with Crippen LogP contribution in [0.4, 0.5) is 0 Å². The minimum absolute atomic E-state index is 0.